The summed E-state index contributed by atoms with van der Waals surface area (Å²) in [6, 6.07) is 0. The predicted molar refractivity (Wildman–Crippen MR) is 45.7 cm³/mol. The molecule has 1 heterocycles. The van der Waals surface area contributed by atoms with Crippen molar-refractivity contribution in [1.29, 1.82) is 0 Å². The van der Waals surface area contributed by atoms with Crippen LogP contribution in [0.5, 0.6) is 0 Å². The third-order valence-corrected chi connectivity index (χ3v) is 1.47. The first-order valence-electron chi connectivity index (χ1n) is 3.96. The highest BCUT2D eigenvalue weighted by atomic mass is 16.6. The van der Waals surface area contributed by atoms with E-state index < -0.39 is 5.97 Å². The standard InChI is InChI=1S/C9H12O4/c1-3-11-4-7(2)9(10)13-6-8-5-12-8/h3-4,8H,1,5-6H2,2H3. The molecule has 1 unspecified atom stereocenters. The molecule has 1 atom stereocenters. The summed E-state index contributed by atoms with van der Waals surface area (Å²) in [6.07, 6.45) is 2.63. The van der Waals surface area contributed by atoms with E-state index in [0.717, 1.165) is 0 Å². The molecule has 0 aromatic heterocycles. The second kappa shape index (κ2) is 4.67. The number of hydrogen-bond donors (Lipinski definition) is 0. The van der Waals surface area contributed by atoms with Gasteiger partial charge in [-0.3, -0.25) is 0 Å². The Morgan fingerprint density at radius 3 is 3.00 bits per heavy atom. The zero-order valence-corrected chi connectivity index (χ0v) is 7.49. The van der Waals surface area contributed by atoms with Crippen molar-refractivity contribution in [1.82, 2.24) is 0 Å². The summed E-state index contributed by atoms with van der Waals surface area (Å²) in [5.41, 5.74) is 0.403. The van der Waals surface area contributed by atoms with Crippen LogP contribution >= 0.6 is 0 Å². The highest BCUT2D eigenvalue weighted by Crippen LogP contribution is 2.09. The SMILES string of the molecule is C=COC=C(C)C(=O)OCC1CO1. The van der Waals surface area contributed by atoms with Crippen molar-refractivity contribution in [3.8, 4) is 0 Å². The molecule has 0 aliphatic carbocycles. The van der Waals surface area contributed by atoms with E-state index in [-0.39, 0.29) is 6.10 Å². The largest absolute Gasteiger partial charge is 0.473 e. The maximum Gasteiger partial charge on any atom is 0.336 e. The van der Waals surface area contributed by atoms with Crippen molar-refractivity contribution < 1.29 is 19.0 Å². The van der Waals surface area contributed by atoms with Crippen molar-refractivity contribution in [2.75, 3.05) is 13.2 Å². The number of epoxide rings is 1. The smallest absolute Gasteiger partial charge is 0.336 e. The molecule has 72 valence electrons. The number of carbonyl (C=O) groups is 1. The molecule has 0 amide bonds. The summed E-state index contributed by atoms with van der Waals surface area (Å²) < 4.78 is 14.5. The van der Waals surface area contributed by atoms with Crippen LogP contribution in [0.2, 0.25) is 0 Å². The second-order valence-corrected chi connectivity index (χ2v) is 2.66. The zero-order valence-electron chi connectivity index (χ0n) is 7.49. The number of carbonyl (C=O) groups excluding carboxylic acids is 1. The molecule has 1 fully saturated rings. The number of hydrogen-bond acceptors (Lipinski definition) is 4. The molecule has 1 aliphatic heterocycles. The Morgan fingerprint density at radius 1 is 1.77 bits per heavy atom. The third kappa shape index (κ3) is 3.75. The quantitative estimate of drug-likeness (QED) is 0.277. The fraction of sp³-hybridized carbons (Fsp3) is 0.444. The minimum atomic E-state index is -0.391. The highest BCUT2D eigenvalue weighted by Gasteiger charge is 2.24. The van der Waals surface area contributed by atoms with Gasteiger partial charge in [0, 0.05) is 0 Å². The van der Waals surface area contributed by atoms with Crippen molar-refractivity contribution in [3.05, 3.63) is 24.7 Å². The number of esters is 1. The van der Waals surface area contributed by atoms with Gasteiger partial charge in [0.2, 0.25) is 0 Å². The van der Waals surface area contributed by atoms with Gasteiger partial charge in [-0.1, -0.05) is 6.58 Å². The Labute approximate surface area is 76.8 Å². The molecule has 1 aliphatic rings. The van der Waals surface area contributed by atoms with E-state index in [9.17, 15) is 4.79 Å². The fourth-order valence-electron chi connectivity index (χ4n) is 0.645. The van der Waals surface area contributed by atoms with E-state index in [1.54, 1.807) is 6.92 Å². The van der Waals surface area contributed by atoms with Gasteiger partial charge >= 0.3 is 5.97 Å². The summed E-state index contributed by atoms with van der Waals surface area (Å²) in [5, 5.41) is 0. The molecule has 0 N–H and O–H groups in total. The van der Waals surface area contributed by atoms with Gasteiger partial charge < -0.3 is 14.2 Å². The van der Waals surface area contributed by atoms with E-state index in [1.165, 1.54) is 12.5 Å². The first-order chi connectivity index (χ1) is 6.24. The number of rotatable bonds is 5. The molecule has 0 aromatic carbocycles. The average molecular weight is 184 g/mol. The Balaban J connectivity index is 2.23. The fourth-order valence-corrected chi connectivity index (χ4v) is 0.645. The lowest BCUT2D eigenvalue weighted by molar-refractivity contribution is -0.139. The molecular weight excluding hydrogens is 172 g/mol. The number of ether oxygens (including phenoxy) is 3. The normalized spacial score (nSPS) is 20.7. The minimum absolute atomic E-state index is 0.0945. The zero-order chi connectivity index (χ0) is 9.68. The summed E-state index contributed by atoms with van der Waals surface area (Å²) in [7, 11) is 0. The molecule has 13 heavy (non-hydrogen) atoms. The highest BCUT2D eigenvalue weighted by molar-refractivity contribution is 5.87. The summed E-state index contributed by atoms with van der Waals surface area (Å²) >= 11 is 0. The van der Waals surface area contributed by atoms with E-state index in [1.807, 2.05) is 0 Å². The van der Waals surface area contributed by atoms with Gasteiger partial charge in [0.15, 0.2) is 0 Å². The van der Waals surface area contributed by atoms with Crippen LogP contribution in [0.1, 0.15) is 6.92 Å². The summed E-state index contributed by atoms with van der Waals surface area (Å²) in [4.78, 5) is 11.1. The first kappa shape index (κ1) is 9.80. The second-order valence-electron chi connectivity index (χ2n) is 2.66. The van der Waals surface area contributed by atoms with Crippen molar-refractivity contribution in [2.24, 2.45) is 0 Å². The van der Waals surface area contributed by atoms with Gasteiger partial charge in [0.05, 0.1) is 18.4 Å². The molecule has 0 radical (unpaired) electrons. The minimum Gasteiger partial charge on any atom is -0.473 e. The van der Waals surface area contributed by atoms with Crippen LogP contribution in [0.3, 0.4) is 0 Å². The van der Waals surface area contributed by atoms with Crippen LogP contribution in [0.4, 0.5) is 0 Å². The molecule has 1 saturated heterocycles. The van der Waals surface area contributed by atoms with Gasteiger partial charge in [0.25, 0.3) is 0 Å². The Hall–Kier alpha value is -1.29. The molecule has 4 nitrogen and oxygen atoms in total. The van der Waals surface area contributed by atoms with Crippen molar-refractivity contribution in [2.45, 2.75) is 13.0 Å². The van der Waals surface area contributed by atoms with Crippen LogP contribution < -0.4 is 0 Å². The molecule has 0 saturated carbocycles. The van der Waals surface area contributed by atoms with Crippen LogP contribution in [0.25, 0.3) is 0 Å². The molecule has 0 aromatic rings. The van der Waals surface area contributed by atoms with Crippen LogP contribution in [0, 0.1) is 0 Å². The monoisotopic (exact) mass is 184 g/mol. The van der Waals surface area contributed by atoms with E-state index in [2.05, 4.69) is 6.58 Å². The van der Waals surface area contributed by atoms with Gasteiger partial charge in [0.1, 0.15) is 19.0 Å². The van der Waals surface area contributed by atoms with Gasteiger partial charge in [-0.15, -0.1) is 0 Å². The lowest BCUT2D eigenvalue weighted by Gasteiger charge is -2.01. The summed E-state index contributed by atoms with van der Waals surface area (Å²) in [5.74, 6) is -0.391. The maximum absolute atomic E-state index is 11.1. The van der Waals surface area contributed by atoms with Crippen LogP contribution in [-0.2, 0) is 19.0 Å². The lowest BCUT2D eigenvalue weighted by atomic mass is 10.3. The van der Waals surface area contributed by atoms with Gasteiger partial charge in [-0.2, -0.15) is 0 Å². The van der Waals surface area contributed by atoms with Gasteiger partial charge in [-0.05, 0) is 6.92 Å². The molecule has 0 spiro atoms. The first-order valence-corrected chi connectivity index (χ1v) is 3.96. The van der Waals surface area contributed by atoms with Crippen LogP contribution in [-0.4, -0.2) is 25.3 Å². The van der Waals surface area contributed by atoms with E-state index >= 15 is 0 Å². The Bertz CT molecular complexity index is 228. The van der Waals surface area contributed by atoms with Crippen molar-refractivity contribution >= 4 is 5.97 Å². The molecular formula is C9H12O4. The lowest BCUT2D eigenvalue weighted by Crippen LogP contribution is -2.10. The summed E-state index contributed by atoms with van der Waals surface area (Å²) in [6.45, 7) is 5.95. The maximum atomic E-state index is 11.1. The van der Waals surface area contributed by atoms with E-state index in [4.69, 9.17) is 14.2 Å². The third-order valence-electron chi connectivity index (χ3n) is 1.47. The molecule has 1 rings (SSSR count). The van der Waals surface area contributed by atoms with Gasteiger partial charge in [-0.25, -0.2) is 4.79 Å². The predicted octanol–water partition coefficient (Wildman–Crippen LogP) is 0.992. The van der Waals surface area contributed by atoms with Crippen molar-refractivity contribution in [3.63, 3.8) is 0 Å². The Kier molecular flexibility index (Phi) is 3.52. The topological polar surface area (TPSA) is 48.1 Å². The van der Waals surface area contributed by atoms with Crippen LogP contribution in [0.15, 0.2) is 24.7 Å². The Morgan fingerprint density at radius 2 is 2.46 bits per heavy atom. The molecule has 4 heteroatoms. The average Bonchev–Trinajstić information content (AvgIpc) is 2.93. The molecule has 0 bridgehead atoms. The van der Waals surface area contributed by atoms with E-state index in [0.29, 0.717) is 18.8 Å².